The smallest absolute Gasteiger partial charge is 0.308 e. The summed E-state index contributed by atoms with van der Waals surface area (Å²) < 4.78 is 46.5. The Bertz CT molecular complexity index is 1130. The number of alkyl halides is 3. The second-order valence-corrected chi connectivity index (χ2v) is 8.44. The van der Waals surface area contributed by atoms with Crippen molar-refractivity contribution in [2.75, 3.05) is 43.9 Å². The topological polar surface area (TPSA) is 86.5 Å². The molecule has 32 heavy (non-hydrogen) atoms. The molecule has 0 saturated carbocycles. The van der Waals surface area contributed by atoms with Crippen LogP contribution < -0.4 is 10.6 Å². The van der Waals surface area contributed by atoms with Gasteiger partial charge in [0, 0.05) is 42.9 Å². The van der Waals surface area contributed by atoms with Gasteiger partial charge >= 0.3 is 12.2 Å². The quantitative estimate of drug-likeness (QED) is 0.538. The number of carbonyl (C=O) groups is 1. The highest BCUT2D eigenvalue weighted by Gasteiger charge is 2.34. The normalized spacial score (nSPS) is 15.8. The molecular formula is C20H20BrF3N6O2. The highest BCUT2D eigenvalue weighted by atomic mass is 79.9. The van der Waals surface area contributed by atoms with Crippen LogP contribution in [0.15, 0.2) is 39.4 Å². The van der Waals surface area contributed by atoms with Gasteiger partial charge in [0.1, 0.15) is 0 Å². The van der Waals surface area contributed by atoms with E-state index in [1.807, 2.05) is 11.9 Å². The molecule has 1 aliphatic rings. The number of urea groups is 1. The number of halogens is 4. The van der Waals surface area contributed by atoms with Crippen LogP contribution in [-0.4, -0.2) is 59.4 Å². The summed E-state index contributed by atoms with van der Waals surface area (Å²) >= 11 is 3.30. The average molecular weight is 513 g/mol. The van der Waals surface area contributed by atoms with E-state index in [2.05, 4.69) is 46.4 Å². The first-order valence-corrected chi connectivity index (χ1v) is 10.6. The number of aromatic nitrogens is 2. The maximum atomic E-state index is 13.7. The van der Waals surface area contributed by atoms with Gasteiger partial charge in [-0.25, -0.2) is 9.42 Å². The van der Waals surface area contributed by atoms with Gasteiger partial charge in [-0.3, -0.25) is 4.90 Å². The minimum Gasteiger partial charge on any atom is -0.308 e. The van der Waals surface area contributed by atoms with Crippen LogP contribution in [0.1, 0.15) is 11.1 Å². The summed E-state index contributed by atoms with van der Waals surface area (Å²) in [5.41, 5.74) is 0.481. The Morgan fingerprint density at radius 3 is 2.53 bits per heavy atom. The summed E-state index contributed by atoms with van der Waals surface area (Å²) in [6.07, 6.45) is -4.54. The predicted octanol–water partition coefficient (Wildman–Crippen LogP) is 4.40. The Morgan fingerprint density at radius 2 is 1.81 bits per heavy atom. The molecular weight excluding hydrogens is 493 g/mol. The fourth-order valence-corrected chi connectivity index (χ4v) is 3.92. The molecule has 2 amide bonds. The number of likely N-dealkylation sites (N-methyl/N-ethyl adjacent to an activating group) is 1. The SMILES string of the molecule is CN1CCN(Cc2ccc(NC(=O)Nc3ccc(Br)c4nonc34)cc2C(F)(F)F)CC1. The summed E-state index contributed by atoms with van der Waals surface area (Å²) in [7, 11) is 1.99. The van der Waals surface area contributed by atoms with Crippen LogP contribution in [0.4, 0.5) is 29.3 Å². The third-order valence-corrected chi connectivity index (χ3v) is 5.92. The number of hydrogen-bond acceptors (Lipinski definition) is 6. The van der Waals surface area contributed by atoms with Crippen molar-refractivity contribution in [2.45, 2.75) is 12.7 Å². The number of nitrogens with zero attached hydrogens (tertiary/aromatic N) is 4. The Labute approximate surface area is 189 Å². The van der Waals surface area contributed by atoms with Gasteiger partial charge < -0.3 is 15.5 Å². The number of fused-ring (bicyclic) bond motifs is 1. The lowest BCUT2D eigenvalue weighted by Crippen LogP contribution is -2.44. The maximum absolute atomic E-state index is 13.7. The van der Waals surface area contributed by atoms with Crippen molar-refractivity contribution in [1.82, 2.24) is 20.1 Å². The van der Waals surface area contributed by atoms with Gasteiger partial charge in [-0.2, -0.15) is 13.2 Å². The highest BCUT2D eigenvalue weighted by molar-refractivity contribution is 9.10. The molecule has 1 fully saturated rings. The van der Waals surface area contributed by atoms with Crippen molar-refractivity contribution >= 4 is 44.4 Å². The van der Waals surface area contributed by atoms with Crippen molar-refractivity contribution < 1.29 is 22.6 Å². The lowest BCUT2D eigenvalue weighted by atomic mass is 10.0. The molecule has 12 heteroatoms. The van der Waals surface area contributed by atoms with Crippen LogP contribution in [0.5, 0.6) is 0 Å². The van der Waals surface area contributed by atoms with Gasteiger partial charge in [-0.1, -0.05) is 6.07 Å². The lowest BCUT2D eigenvalue weighted by Gasteiger charge is -2.33. The summed E-state index contributed by atoms with van der Waals surface area (Å²) in [4.78, 5) is 16.6. The lowest BCUT2D eigenvalue weighted by molar-refractivity contribution is -0.138. The number of anilines is 2. The zero-order valence-corrected chi connectivity index (χ0v) is 18.6. The van der Waals surface area contributed by atoms with E-state index in [4.69, 9.17) is 0 Å². The van der Waals surface area contributed by atoms with Crippen LogP contribution in [0.3, 0.4) is 0 Å². The predicted molar refractivity (Wildman–Crippen MR) is 116 cm³/mol. The molecule has 0 radical (unpaired) electrons. The van der Waals surface area contributed by atoms with Crippen LogP contribution >= 0.6 is 15.9 Å². The number of piperazine rings is 1. The van der Waals surface area contributed by atoms with Gasteiger partial charge in [0.15, 0.2) is 11.0 Å². The molecule has 170 valence electrons. The number of hydrogen-bond donors (Lipinski definition) is 2. The molecule has 1 aliphatic heterocycles. The molecule has 0 spiro atoms. The van der Waals surface area contributed by atoms with E-state index in [9.17, 15) is 18.0 Å². The van der Waals surface area contributed by atoms with Gasteiger partial charge in [0.2, 0.25) is 0 Å². The molecule has 3 aromatic rings. The fraction of sp³-hybridized carbons (Fsp3) is 0.350. The maximum Gasteiger partial charge on any atom is 0.416 e. The third-order valence-electron chi connectivity index (χ3n) is 5.28. The van der Waals surface area contributed by atoms with E-state index in [-0.39, 0.29) is 17.8 Å². The highest BCUT2D eigenvalue weighted by Crippen LogP contribution is 2.35. The molecule has 0 atom stereocenters. The minimum atomic E-state index is -4.54. The van der Waals surface area contributed by atoms with Crippen molar-refractivity contribution in [2.24, 2.45) is 0 Å². The standard InChI is InChI=1S/C20H20BrF3N6O2/c1-29-6-8-30(9-7-29)11-12-2-3-13(10-14(12)20(22,23)24)25-19(31)26-16-5-4-15(21)17-18(16)28-32-27-17/h2-5,10H,6-9,11H2,1H3,(H2,25,26,31). The Kier molecular flexibility index (Phi) is 6.35. The van der Waals surface area contributed by atoms with Crippen LogP contribution in [0.2, 0.25) is 0 Å². The monoisotopic (exact) mass is 512 g/mol. The van der Waals surface area contributed by atoms with Gasteiger partial charge in [0.25, 0.3) is 0 Å². The first kappa shape index (κ1) is 22.5. The van der Waals surface area contributed by atoms with E-state index in [1.165, 1.54) is 12.1 Å². The largest absolute Gasteiger partial charge is 0.416 e. The molecule has 0 unspecified atom stereocenters. The molecule has 4 rings (SSSR count). The molecule has 0 bridgehead atoms. The summed E-state index contributed by atoms with van der Waals surface area (Å²) in [6.45, 7) is 3.23. The summed E-state index contributed by atoms with van der Waals surface area (Å²) in [6, 6.07) is 6.36. The number of benzene rings is 2. The third kappa shape index (κ3) is 5.03. The number of nitrogens with one attached hydrogen (secondary N) is 2. The molecule has 2 N–H and O–H groups in total. The van der Waals surface area contributed by atoms with E-state index in [1.54, 1.807) is 12.1 Å². The number of amides is 2. The van der Waals surface area contributed by atoms with E-state index < -0.39 is 17.8 Å². The Hall–Kier alpha value is -2.70. The van der Waals surface area contributed by atoms with Crippen molar-refractivity contribution in [3.63, 3.8) is 0 Å². The van der Waals surface area contributed by atoms with Crippen molar-refractivity contribution in [1.29, 1.82) is 0 Å². The molecule has 1 aromatic heterocycles. The van der Waals surface area contributed by atoms with Crippen LogP contribution in [0, 0.1) is 0 Å². The van der Waals surface area contributed by atoms with Gasteiger partial charge in [-0.05, 0) is 63.1 Å². The first-order chi connectivity index (χ1) is 15.2. The van der Waals surface area contributed by atoms with Crippen LogP contribution in [-0.2, 0) is 12.7 Å². The van der Waals surface area contributed by atoms with Gasteiger partial charge in [0.05, 0.1) is 11.3 Å². The zero-order chi connectivity index (χ0) is 22.9. The number of rotatable bonds is 4. The van der Waals surface area contributed by atoms with E-state index in [0.717, 1.165) is 19.2 Å². The molecule has 0 aliphatic carbocycles. The van der Waals surface area contributed by atoms with Crippen molar-refractivity contribution in [3.8, 4) is 0 Å². The minimum absolute atomic E-state index is 0.0311. The molecule has 8 nitrogen and oxygen atoms in total. The molecule has 2 aromatic carbocycles. The second kappa shape index (κ2) is 9.04. The fourth-order valence-electron chi connectivity index (χ4n) is 3.52. The van der Waals surface area contributed by atoms with Gasteiger partial charge in [-0.15, -0.1) is 0 Å². The Morgan fingerprint density at radius 1 is 1.09 bits per heavy atom. The molecule has 1 saturated heterocycles. The zero-order valence-electron chi connectivity index (χ0n) is 17.0. The van der Waals surface area contributed by atoms with Crippen molar-refractivity contribution in [3.05, 3.63) is 45.9 Å². The number of carbonyl (C=O) groups excluding carboxylic acids is 1. The average Bonchev–Trinajstić information content (AvgIpc) is 3.23. The molecule has 2 heterocycles. The van der Waals surface area contributed by atoms with E-state index >= 15 is 0 Å². The summed E-state index contributed by atoms with van der Waals surface area (Å²) in [5, 5.41) is 12.5. The summed E-state index contributed by atoms with van der Waals surface area (Å²) in [5.74, 6) is 0. The van der Waals surface area contributed by atoms with E-state index in [0.29, 0.717) is 34.3 Å². The Balaban J connectivity index is 1.50. The second-order valence-electron chi connectivity index (χ2n) is 7.58. The van der Waals surface area contributed by atoms with Crippen LogP contribution in [0.25, 0.3) is 11.0 Å². The first-order valence-electron chi connectivity index (χ1n) is 9.80.